The smallest absolute Gasteiger partial charge is 0.243 e. The van der Waals surface area contributed by atoms with E-state index in [-0.39, 0.29) is 29.9 Å². The fourth-order valence-corrected chi connectivity index (χ4v) is 5.78. The normalized spacial score (nSPS) is 14.9. The van der Waals surface area contributed by atoms with Crippen LogP contribution in [0.4, 0.5) is 0 Å². The number of hydrogen-bond acceptors (Lipinski definition) is 5. The van der Waals surface area contributed by atoms with E-state index in [9.17, 15) is 13.2 Å². The highest BCUT2D eigenvalue weighted by Gasteiger charge is 2.34. The van der Waals surface area contributed by atoms with Crippen molar-refractivity contribution in [2.75, 3.05) is 20.8 Å². The predicted molar refractivity (Wildman–Crippen MR) is 124 cm³/mol. The van der Waals surface area contributed by atoms with E-state index in [4.69, 9.17) is 21.1 Å². The zero-order valence-electron chi connectivity index (χ0n) is 18.3. The van der Waals surface area contributed by atoms with E-state index < -0.39 is 10.0 Å². The van der Waals surface area contributed by atoms with Crippen molar-refractivity contribution in [3.8, 4) is 11.5 Å². The van der Waals surface area contributed by atoms with Gasteiger partial charge in [0.1, 0.15) is 0 Å². The Labute approximate surface area is 194 Å². The minimum atomic E-state index is -3.93. The van der Waals surface area contributed by atoms with E-state index in [0.717, 1.165) is 37.7 Å². The molecule has 3 rings (SSSR count). The van der Waals surface area contributed by atoms with Crippen molar-refractivity contribution < 1.29 is 22.7 Å². The van der Waals surface area contributed by atoms with Gasteiger partial charge >= 0.3 is 0 Å². The Balaban J connectivity index is 1.83. The third-order valence-corrected chi connectivity index (χ3v) is 7.94. The minimum Gasteiger partial charge on any atom is -0.493 e. The average Bonchev–Trinajstić information content (AvgIpc) is 2.82. The average molecular weight is 481 g/mol. The summed E-state index contributed by atoms with van der Waals surface area (Å²) in [7, 11) is -0.990. The van der Waals surface area contributed by atoms with Gasteiger partial charge in [-0.15, -0.1) is 0 Å². The molecule has 0 unspecified atom stereocenters. The van der Waals surface area contributed by atoms with Crippen LogP contribution in [-0.2, 0) is 21.4 Å². The van der Waals surface area contributed by atoms with Crippen LogP contribution in [0.3, 0.4) is 0 Å². The Hall–Kier alpha value is -2.29. The molecule has 1 aliphatic rings. The molecule has 1 N–H and O–H groups in total. The Morgan fingerprint density at radius 1 is 1.06 bits per heavy atom. The maximum absolute atomic E-state index is 13.6. The van der Waals surface area contributed by atoms with Crippen LogP contribution in [0, 0.1) is 0 Å². The van der Waals surface area contributed by atoms with Crippen LogP contribution < -0.4 is 14.8 Å². The van der Waals surface area contributed by atoms with Crippen LogP contribution >= 0.6 is 11.6 Å². The minimum absolute atomic E-state index is 0.0691. The molecule has 0 saturated heterocycles. The molecule has 7 nitrogen and oxygen atoms in total. The molecule has 1 saturated carbocycles. The first-order chi connectivity index (χ1) is 15.4. The van der Waals surface area contributed by atoms with E-state index in [1.807, 2.05) is 18.2 Å². The summed E-state index contributed by atoms with van der Waals surface area (Å²) in [4.78, 5) is 12.8. The van der Waals surface area contributed by atoms with Gasteiger partial charge in [0.05, 0.1) is 25.7 Å². The van der Waals surface area contributed by atoms with Crippen LogP contribution in [0.5, 0.6) is 11.5 Å². The summed E-state index contributed by atoms with van der Waals surface area (Å²) in [5.41, 5.74) is 0.773. The first-order valence-electron chi connectivity index (χ1n) is 10.6. The SMILES string of the molecule is COc1ccc(S(=O)(=O)N(CC(=O)NCc2ccccc2Cl)C2CCCCC2)cc1OC. The zero-order valence-corrected chi connectivity index (χ0v) is 19.9. The number of hydrogen-bond donors (Lipinski definition) is 1. The molecule has 1 fully saturated rings. The van der Waals surface area contributed by atoms with Crippen LogP contribution in [0.1, 0.15) is 37.7 Å². The van der Waals surface area contributed by atoms with E-state index in [1.165, 1.54) is 30.7 Å². The molecule has 2 aromatic carbocycles. The number of nitrogens with zero attached hydrogens (tertiary/aromatic N) is 1. The van der Waals surface area contributed by atoms with Crippen LogP contribution in [0.25, 0.3) is 0 Å². The zero-order chi connectivity index (χ0) is 23.1. The van der Waals surface area contributed by atoms with E-state index >= 15 is 0 Å². The summed E-state index contributed by atoms with van der Waals surface area (Å²) in [5, 5.41) is 3.35. The highest BCUT2D eigenvalue weighted by Crippen LogP contribution is 2.33. The Kier molecular flexibility index (Phi) is 8.39. The quantitative estimate of drug-likeness (QED) is 0.586. The Morgan fingerprint density at radius 3 is 2.41 bits per heavy atom. The third kappa shape index (κ3) is 5.74. The first-order valence-corrected chi connectivity index (χ1v) is 12.4. The van der Waals surface area contributed by atoms with Gasteiger partial charge in [0.15, 0.2) is 11.5 Å². The number of amides is 1. The summed E-state index contributed by atoms with van der Waals surface area (Å²) < 4.78 is 39.0. The van der Waals surface area contributed by atoms with Gasteiger partial charge in [-0.3, -0.25) is 4.79 Å². The molecule has 32 heavy (non-hydrogen) atoms. The summed E-state index contributed by atoms with van der Waals surface area (Å²) in [5.74, 6) is 0.382. The monoisotopic (exact) mass is 480 g/mol. The molecule has 1 aliphatic carbocycles. The number of halogens is 1. The molecule has 0 radical (unpaired) electrons. The van der Waals surface area contributed by atoms with Crippen molar-refractivity contribution in [3.05, 3.63) is 53.1 Å². The standard InChI is InChI=1S/C23H29ClN2O5S/c1-30-21-13-12-19(14-22(21)31-2)32(28,29)26(18-9-4-3-5-10-18)16-23(27)25-15-17-8-6-7-11-20(17)24/h6-8,11-14,18H,3-5,9-10,15-16H2,1-2H3,(H,25,27). The van der Waals surface area contributed by atoms with E-state index in [2.05, 4.69) is 5.32 Å². The van der Waals surface area contributed by atoms with Crippen molar-refractivity contribution in [2.24, 2.45) is 0 Å². The van der Waals surface area contributed by atoms with Gasteiger partial charge in [0, 0.05) is 23.7 Å². The fourth-order valence-electron chi connectivity index (χ4n) is 3.92. The lowest BCUT2D eigenvalue weighted by molar-refractivity contribution is -0.121. The Morgan fingerprint density at radius 2 is 1.75 bits per heavy atom. The van der Waals surface area contributed by atoms with E-state index in [0.29, 0.717) is 16.5 Å². The fraction of sp³-hybridized carbons (Fsp3) is 0.435. The molecule has 9 heteroatoms. The maximum Gasteiger partial charge on any atom is 0.243 e. The number of methoxy groups -OCH3 is 2. The number of sulfonamides is 1. The van der Waals surface area contributed by atoms with Gasteiger partial charge in [-0.25, -0.2) is 8.42 Å². The van der Waals surface area contributed by atoms with Gasteiger partial charge in [-0.05, 0) is 36.6 Å². The lowest BCUT2D eigenvalue weighted by Gasteiger charge is -2.33. The van der Waals surface area contributed by atoms with Gasteiger partial charge in [-0.2, -0.15) is 4.31 Å². The second-order valence-corrected chi connectivity index (χ2v) is 10.0. The lowest BCUT2D eigenvalue weighted by Crippen LogP contribution is -2.46. The number of carbonyl (C=O) groups excluding carboxylic acids is 1. The van der Waals surface area contributed by atoms with Gasteiger partial charge in [0.2, 0.25) is 15.9 Å². The molecule has 2 aromatic rings. The lowest BCUT2D eigenvalue weighted by atomic mass is 9.95. The molecule has 0 aromatic heterocycles. The summed E-state index contributed by atoms with van der Waals surface area (Å²) >= 11 is 6.16. The molecular formula is C23H29ClN2O5S. The second-order valence-electron chi connectivity index (χ2n) is 7.73. The highest BCUT2D eigenvalue weighted by atomic mass is 35.5. The van der Waals surface area contributed by atoms with Gasteiger partial charge in [-0.1, -0.05) is 49.1 Å². The van der Waals surface area contributed by atoms with E-state index in [1.54, 1.807) is 12.1 Å². The third-order valence-electron chi connectivity index (χ3n) is 5.68. The number of nitrogens with one attached hydrogen (secondary N) is 1. The molecule has 1 amide bonds. The molecule has 0 aliphatic heterocycles. The van der Waals surface area contributed by atoms with Crippen molar-refractivity contribution >= 4 is 27.5 Å². The van der Waals surface area contributed by atoms with Gasteiger partial charge < -0.3 is 14.8 Å². The topological polar surface area (TPSA) is 84.9 Å². The maximum atomic E-state index is 13.6. The molecule has 0 heterocycles. The van der Waals surface area contributed by atoms with Crippen molar-refractivity contribution in [3.63, 3.8) is 0 Å². The molecular weight excluding hydrogens is 452 g/mol. The van der Waals surface area contributed by atoms with Crippen molar-refractivity contribution in [2.45, 2.75) is 49.6 Å². The number of ether oxygens (including phenoxy) is 2. The van der Waals surface area contributed by atoms with Crippen LogP contribution in [0.2, 0.25) is 5.02 Å². The molecule has 0 bridgehead atoms. The van der Waals surface area contributed by atoms with Crippen molar-refractivity contribution in [1.82, 2.24) is 9.62 Å². The summed E-state index contributed by atoms with van der Waals surface area (Å²) in [6.45, 7) is -0.0286. The van der Waals surface area contributed by atoms with Gasteiger partial charge in [0.25, 0.3) is 0 Å². The molecule has 0 spiro atoms. The second kappa shape index (κ2) is 11.0. The largest absolute Gasteiger partial charge is 0.493 e. The van der Waals surface area contributed by atoms with Crippen LogP contribution in [-0.4, -0.2) is 45.4 Å². The number of rotatable bonds is 9. The summed E-state index contributed by atoms with van der Waals surface area (Å²) in [6, 6.07) is 11.5. The highest BCUT2D eigenvalue weighted by molar-refractivity contribution is 7.89. The van der Waals surface area contributed by atoms with Crippen LogP contribution in [0.15, 0.2) is 47.4 Å². The Bertz CT molecular complexity index is 1040. The number of carbonyl (C=O) groups is 1. The number of benzene rings is 2. The predicted octanol–water partition coefficient (Wildman–Crippen LogP) is 4.00. The van der Waals surface area contributed by atoms with Crippen molar-refractivity contribution in [1.29, 1.82) is 0 Å². The molecule has 0 atom stereocenters. The first kappa shape index (κ1) is 24.4. The molecule has 174 valence electrons. The summed E-state index contributed by atoms with van der Waals surface area (Å²) in [6.07, 6.45) is 4.39.